The van der Waals surface area contributed by atoms with Gasteiger partial charge in [0.1, 0.15) is 11.5 Å². The van der Waals surface area contributed by atoms with E-state index in [1.165, 1.54) is 18.4 Å². The zero-order chi connectivity index (χ0) is 21.9. The van der Waals surface area contributed by atoms with Crippen LogP contribution in [0.15, 0.2) is 45.8 Å². The number of nitrogens with zero attached hydrogens (tertiary/aromatic N) is 3. The van der Waals surface area contributed by atoms with Crippen LogP contribution in [0.25, 0.3) is 11.4 Å². The molecule has 160 valence electrons. The summed E-state index contributed by atoms with van der Waals surface area (Å²) in [7, 11) is 2.60. The molecule has 1 aromatic heterocycles. The summed E-state index contributed by atoms with van der Waals surface area (Å²) < 4.78 is 41.8. The third-order valence-corrected chi connectivity index (χ3v) is 6.35. The summed E-state index contributed by atoms with van der Waals surface area (Å²) in [5, 5.41) is 7.18. The van der Waals surface area contributed by atoms with Crippen LogP contribution in [-0.4, -0.2) is 51.2 Å². The van der Waals surface area contributed by atoms with E-state index < -0.39 is 10.0 Å². The highest BCUT2D eigenvalue weighted by atomic mass is 32.2. The molecule has 3 rings (SSSR count). The van der Waals surface area contributed by atoms with E-state index in [-0.39, 0.29) is 11.4 Å². The summed E-state index contributed by atoms with van der Waals surface area (Å²) in [4.78, 5) is 4.60. The van der Waals surface area contributed by atoms with Crippen molar-refractivity contribution in [2.75, 3.05) is 33.6 Å². The molecule has 0 fully saturated rings. The fourth-order valence-electron chi connectivity index (χ4n) is 2.75. The van der Waals surface area contributed by atoms with E-state index in [0.717, 1.165) is 5.56 Å². The van der Waals surface area contributed by atoms with Gasteiger partial charge >= 0.3 is 0 Å². The molecule has 2 aromatic carbocycles. The Morgan fingerprint density at radius 3 is 2.53 bits per heavy atom. The second kappa shape index (κ2) is 8.72. The van der Waals surface area contributed by atoms with E-state index in [2.05, 4.69) is 15.5 Å². The standard InChI is InChI=1S/C20H24N4O5S/c1-13-6-8-15(30(25,26)24(2)3)11-17(13)21-12-19-22-20(23-29-19)16-9-7-14(27-4)10-18(16)28-5/h6-11,21H,12H2,1-5H3. The molecule has 0 spiro atoms. The van der Waals surface area contributed by atoms with Gasteiger partial charge in [-0.1, -0.05) is 11.2 Å². The van der Waals surface area contributed by atoms with Crippen LogP contribution < -0.4 is 14.8 Å². The topological polar surface area (TPSA) is 107 Å². The number of aromatic nitrogens is 2. The van der Waals surface area contributed by atoms with Gasteiger partial charge in [0.15, 0.2) is 0 Å². The van der Waals surface area contributed by atoms with Gasteiger partial charge in [0.25, 0.3) is 0 Å². The van der Waals surface area contributed by atoms with Crippen molar-refractivity contribution >= 4 is 15.7 Å². The summed E-state index contributed by atoms with van der Waals surface area (Å²) in [6, 6.07) is 10.2. The van der Waals surface area contributed by atoms with Crippen LogP contribution in [0.4, 0.5) is 5.69 Å². The minimum absolute atomic E-state index is 0.204. The predicted molar refractivity (Wildman–Crippen MR) is 112 cm³/mol. The Kier molecular flexibility index (Phi) is 6.28. The molecule has 0 aliphatic carbocycles. The third-order valence-electron chi connectivity index (χ3n) is 4.54. The number of benzene rings is 2. The average Bonchev–Trinajstić information content (AvgIpc) is 3.21. The Hall–Kier alpha value is -3.11. The first-order valence-corrected chi connectivity index (χ1v) is 10.5. The van der Waals surface area contributed by atoms with Crippen LogP contribution in [0.3, 0.4) is 0 Å². The zero-order valence-electron chi connectivity index (χ0n) is 17.5. The smallest absolute Gasteiger partial charge is 0.246 e. The van der Waals surface area contributed by atoms with E-state index >= 15 is 0 Å². The number of aryl methyl sites for hydroxylation is 1. The summed E-state index contributed by atoms with van der Waals surface area (Å²) in [6.45, 7) is 2.12. The maximum absolute atomic E-state index is 12.4. The lowest BCUT2D eigenvalue weighted by atomic mass is 10.2. The molecule has 0 radical (unpaired) electrons. The normalized spacial score (nSPS) is 11.5. The number of anilines is 1. The summed E-state index contributed by atoms with van der Waals surface area (Å²) in [5.41, 5.74) is 2.23. The van der Waals surface area contributed by atoms with Gasteiger partial charge in [-0.25, -0.2) is 12.7 Å². The number of sulfonamides is 1. The molecule has 30 heavy (non-hydrogen) atoms. The van der Waals surface area contributed by atoms with Crippen molar-refractivity contribution in [3.05, 3.63) is 47.9 Å². The van der Waals surface area contributed by atoms with E-state index in [4.69, 9.17) is 14.0 Å². The maximum atomic E-state index is 12.4. The minimum atomic E-state index is -3.53. The second-order valence-corrected chi connectivity index (χ2v) is 8.85. The van der Waals surface area contributed by atoms with Crippen molar-refractivity contribution in [2.45, 2.75) is 18.4 Å². The Bertz CT molecular complexity index is 1140. The Labute approximate surface area is 175 Å². The van der Waals surface area contributed by atoms with Crippen molar-refractivity contribution in [1.82, 2.24) is 14.4 Å². The Morgan fingerprint density at radius 2 is 1.87 bits per heavy atom. The van der Waals surface area contributed by atoms with Crippen LogP contribution >= 0.6 is 0 Å². The van der Waals surface area contributed by atoms with Crippen molar-refractivity contribution < 1.29 is 22.4 Å². The van der Waals surface area contributed by atoms with Crippen LogP contribution in [0.2, 0.25) is 0 Å². The van der Waals surface area contributed by atoms with Gasteiger partial charge in [-0.2, -0.15) is 4.98 Å². The minimum Gasteiger partial charge on any atom is -0.497 e. The van der Waals surface area contributed by atoms with Crippen molar-refractivity contribution in [2.24, 2.45) is 0 Å². The molecule has 0 aliphatic heterocycles. The molecule has 0 saturated carbocycles. The van der Waals surface area contributed by atoms with Crippen LogP contribution in [0.5, 0.6) is 11.5 Å². The maximum Gasteiger partial charge on any atom is 0.246 e. The molecule has 0 amide bonds. The van der Waals surface area contributed by atoms with Gasteiger partial charge in [0.2, 0.25) is 21.7 Å². The van der Waals surface area contributed by atoms with Crippen molar-refractivity contribution in [3.8, 4) is 22.9 Å². The van der Waals surface area contributed by atoms with Crippen LogP contribution in [-0.2, 0) is 16.6 Å². The number of rotatable bonds is 8. The number of hydrogen-bond acceptors (Lipinski definition) is 8. The van der Waals surface area contributed by atoms with E-state index in [9.17, 15) is 8.42 Å². The molecule has 3 aromatic rings. The summed E-state index contributed by atoms with van der Waals surface area (Å²) in [5.74, 6) is 1.95. The van der Waals surface area contributed by atoms with E-state index in [0.29, 0.717) is 34.5 Å². The Morgan fingerprint density at radius 1 is 1.10 bits per heavy atom. The molecule has 0 aliphatic rings. The van der Waals surface area contributed by atoms with Gasteiger partial charge in [0.05, 0.1) is 31.2 Å². The SMILES string of the molecule is COc1ccc(-c2noc(CNc3cc(S(=O)(=O)N(C)C)ccc3C)n2)c(OC)c1. The number of hydrogen-bond donors (Lipinski definition) is 1. The predicted octanol–water partition coefficient (Wildman–Crippen LogP) is 2.92. The molecular weight excluding hydrogens is 408 g/mol. The van der Waals surface area contributed by atoms with Gasteiger partial charge in [-0.05, 0) is 36.8 Å². The quantitative estimate of drug-likeness (QED) is 0.579. The molecule has 9 nitrogen and oxygen atoms in total. The number of methoxy groups -OCH3 is 2. The Balaban J connectivity index is 1.80. The zero-order valence-corrected chi connectivity index (χ0v) is 18.3. The summed E-state index contributed by atoms with van der Waals surface area (Å²) >= 11 is 0. The van der Waals surface area contributed by atoms with Gasteiger partial charge in [0, 0.05) is 25.8 Å². The highest BCUT2D eigenvalue weighted by Crippen LogP contribution is 2.31. The lowest BCUT2D eigenvalue weighted by molar-refractivity contribution is 0.382. The summed E-state index contributed by atoms with van der Waals surface area (Å²) in [6.07, 6.45) is 0. The van der Waals surface area contributed by atoms with Crippen LogP contribution in [0.1, 0.15) is 11.5 Å². The molecule has 1 heterocycles. The number of nitrogens with one attached hydrogen (secondary N) is 1. The van der Waals surface area contributed by atoms with E-state index in [1.54, 1.807) is 50.6 Å². The molecule has 0 unspecified atom stereocenters. The fourth-order valence-corrected chi connectivity index (χ4v) is 3.68. The molecule has 0 saturated heterocycles. The molecule has 0 bridgehead atoms. The van der Waals surface area contributed by atoms with Crippen molar-refractivity contribution in [1.29, 1.82) is 0 Å². The second-order valence-electron chi connectivity index (χ2n) is 6.70. The molecule has 0 atom stereocenters. The first-order chi connectivity index (χ1) is 14.3. The number of ether oxygens (including phenoxy) is 2. The first kappa shape index (κ1) is 21.6. The first-order valence-electron chi connectivity index (χ1n) is 9.08. The third kappa shape index (κ3) is 4.39. The van der Waals surface area contributed by atoms with Gasteiger partial charge < -0.3 is 19.3 Å². The lowest BCUT2D eigenvalue weighted by Gasteiger charge is -2.14. The van der Waals surface area contributed by atoms with Crippen LogP contribution in [0, 0.1) is 6.92 Å². The van der Waals surface area contributed by atoms with Gasteiger partial charge in [-0.3, -0.25) is 0 Å². The van der Waals surface area contributed by atoms with Crippen molar-refractivity contribution in [3.63, 3.8) is 0 Å². The van der Waals surface area contributed by atoms with E-state index in [1.807, 2.05) is 6.92 Å². The molecule has 1 N–H and O–H groups in total. The highest BCUT2D eigenvalue weighted by Gasteiger charge is 2.19. The van der Waals surface area contributed by atoms with Gasteiger partial charge in [-0.15, -0.1) is 0 Å². The fraction of sp³-hybridized carbons (Fsp3) is 0.300. The average molecular weight is 433 g/mol. The highest BCUT2D eigenvalue weighted by molar-refractivity contribution is 7.89. The molecular formula is C20H24N4O5S. The molecule has 10 heteroatoms. The lowest BCUT2D eigenvalue weighted by Crippen LogP contribution is -2.22. The largest absolute Gasteiger partial charge is 0.497 e. The monoisotopic (exact) mass is 432 g/mol.